The van der Waals surface area contributed by atoms with Gasteiger partial charge in [-0.2, -0.15) is 0 Å². The number of H-pyrrole nitrogens is 1. The van der Waals surface area contributed by atoms with Gasteiger partial charge >= 0.3 is 0 Å². The maximum Gasteiger partial charge on any atom is 0.202 e. The SMILES string of the molecule is O=C(Cc1ccc(CCN2CCOCC2)cc1C1=CCCCC1)c1ncc(Cl)[nH]1. The van der Waals surface area contributed by atoms with Crippen LogP contribution >= 0.6 is 11.6 Å². The quantitative estimate of drug-likeness (QED) is 0.687. The molecule has 1 saturated heterocycles. The molecular formula is C23H28ClN3O2. The fourth-order valence-corrected chi connectivity index (χ4v) is 4.26. The van der Waals surface area contributed by atoms with Crippen molar-refractivity contribution in [1.29, 1.82) is 0 Å². The highest BCUT2D eigenvalue weighted by Crippen LogP contribution is 2.30. The molecule has 1 aromatic heterocycles. The Hall–Kier alpha value is -1.95. The molecule has 1 aliphatic carbocycles. The van der Waals surface area contributed by atoms with Crippen molar-refractivity contribution in [2.45, 2.75) is 38.5 Å². The maximum atomic E-state index is 12.7. The number of aromatic nitrogens is 2. The van der Waals surface area contributed by atoms with Crippen molar-refractivity contribution in [3.63, 3.8) is 0 Å². The van der Waals surface area contributed by atoms with Crippen LogP contribution in [0.1, 0.15) is 53.0 Å². The predicted octanol–water partition coefficient (Wildman–Crippen LogP) is 4.32. The van der Waals surface area contributed by atoms with Gasteiger partial charge in [0.25, 0.3) is 0 Å². The number of carbonyl (C=O) groups is 1. The molecule has 0 amide bonds. The fourth-order valence-electron chi connectivity index (χ4n) is 4.12. The van der Waals surface area contributed by atoms with E-state index in [0.29, 0.717) is 17.4 Å². The number of allylic oxidation sites excluding steroid dienone is 2. The maximum absolute atomic E-state index is 12.7. The van der Waals surface area contributed by atoms with Gasteiger partial charge in [0, 0.05) is 26.1 Å². The zero-order valence-electron chi connectivity index (χ0n) is 16.8. The first-order valence-corrected chi connectivity index (χ1v) is 10.9. The zero-order valence-corrected chi connectivity index (χ0v) is 17.5. The third-order valence-corrected chi connectivity index (χ3v) is 5.98. The van der Waals surface area contributed by atoms with Gasteiger partial charge in [-0.1, -0.05) is 35.9 Å². The first-order chi connectivity index (χ1) is 14.2. The molecule has 1 aromatic carbocycles. The van der Waals surface area contributed by atoms with Crippen LogP contribution in [0.5, 0.6) is 0 Å². The molecule has 2 heterocycles. The number of ether oxygens (including phenoxy) is 1. The van der Waals surface area contributed by atoms with Gasteiger partial charge in [-0.25, -0.2) is 4.98 Å². The van der Waals surface area contributed by atoms with Crippen molar-refractivity contribution < 1.29 is 9.53 Å². The van der Waals surface area contributed by atoms with Crippen LogP contribution in [0.25, 0.3) is 5.57 Å². The van der Waals surface area contributed by atoms with E-state index in [1.54, 1.807) is 0 Å². The standard InChI is InChI=1S/C23H28ClN3O2/c24-22-16-25-23(26-22)21(28)15-19-7-6-17(8-9-27-10-12-29-13-11-27)14-20(19)18-4-2-1-3-5-18/h4,6-7,14,16H,1-3,5,8-13,15H2,(H,25,26). The minimum absolute atomic E-state index is 0.0318. The Morgan fingerprint density at radius 3 is 2.83 bits per heavy atom. The lowest BCUT2D eigenvalue weighted by atomic mass is 9.87. The zero-order chi connectivity index (χ0) is 20.1. The Labute approximate surface area is 177 Å². The number of hydrogen-bond acceptors (Lipinski definition) is 4. The van der Waals surface area contributed by atoms with E-state index in [1.165, 1.54) is 35.7 Å². The average Bonchev–Trinajstić information content (AvgIpc) is 3.21. The van der Waals surface area contributed by atoms with Crippen molar-refractivity contribution in [2.75, 3.05) is 32.8 Å². The molecule has 4 rings (SSSR count). The van der Waals surface area contributed by atoms with Crippen LogP contribution in [0.3, 0.4) is 0 Å². The minimum Gasteiger partial charge on any atom is -0.379 e. The third kappa shape index (κ3) is 5.35. The number of imidazole rings is 1. The summed E-state index contributed by atoms with van der Waals surface area (Å²) in [6.07, 6.45) is 9.85. The van der Waals surface area contributed by atoms with Crippen LogP contribution in [0.2, 0.25) is 5.15 Å². The molecule has 0 spiro atoms. The molecule has 1 N–H and O–H groups in total. The molecular weight excluding hydrogens is 386 g/mol. The molecule has 1 aliphatic heterocycles. The Kier molecular flexibility index (Phi) is 6.80. The van der Waals surface area contributed by atoms with Gasteiger partial charge in [-0.15, -0.1) is 0 Å². The van der Waals surface area contributed by atoms with Gasteiger partial charge in [0.2, 0.25) is 5.78 Å². The molecule has 154 valence electrons. The highest BCUT2D eigenvalue weighted by Gasteiger charge is 2.17. The van der Waals surface area contributed by atoms with Crippen molar-refractivity contribution in [1.82, 2.24) is 14.9 Å². The molecule has 2 aromatic rings. The Balaban J connectivity index is 1.53. The van der Waals surface area contributed by atoms with E-state index >= 15 is 0 Å². The number of morpholine rings is 1. The number of carbonyl (C=O) groups excluding carboxylic acids is 1. The van der Waals surface area contributed by atoms with E-state index in [0.717, 1.165) is 57.7 Å². The summed E-state index contributed by atoms with van der Waals surface area (Å²) in [5, 5.41) is 0.391. The number of aromatic amines is 1. The number of benzene rings is 1. The minimum atomic E-state index is -0.0318. The highest BCUT2D eigenvalue weighted by atomic mass is 35.5. The average molecular weight is 414 g/mol. The summed E-state index contributed by atoms with van der Waals surface area (Å²) in [6, 6.07) is 6.60. The Bertz CT molecular complexity index is 884. The second-order valence-corrected chi connectivity index (χ2v) is 8.26. The summed E-state index contributed by atoms with van der Waals surface area (Å²) in [5.74, 6) is 0.297. The molecule has 0 bridgehead atoms. The van der Waals surface area contributed by atoms with Crippen molar-refractivity contribution in [3.8, 4) is 0 Å². The number of ketones is 1. The number of hydrogen-bond donors (Lipinski definition) is 1. The second-order valence-electron chi connectivity index (χ2n) is 7.85. The first kappa shape index (κ1) is 20.3. The third-order valence-electron chi connectivity index (χ3n) is 5.79. The number of Topliss-reactive ketones (excluding diaryl/α,β-unsaturated/α-hetero) is 1. The monoisotopic (exact) mass is 413 g/mol. The Morgan fingerprint density at radius 2 is 2.10 bits per heavy atom. The first-order valence-electron chi connectivity index (χ1n) is 10.5. The van der Waals surface area contributed by atoms with Crippen LogP contribution in [0.4, 0.5) is 0 Å². The van der Waals surface area contributed by atoms with E-state index < -0.39 is 0 Å². The van der Waals surface area contributed by atoms with Crippen LogP contribution in [-0.4, -0.2) is 53.5 Å². The number of halogens is 1. The van der Waals surface area contributed by atoms with Crippen molar-refractivity contribution >= 4 is 23.0 Å². The van der Waals surface area contributed by atoms with Crippen molar-refractivity contribution in [3.05, 3.63) is 58.1 Å². The van der Waals surface area contributed by atoms with Crippen LogP contribution in [0.15, 0.2) is 30.5 Å². The van der Waals surface area contributed by atoms with Gasteiger partial charge in [0.05, 0.1) is 19.4 Å². The van der Waals surface area contributed by atoms with E-state index in [4.69, 9.17) is 16.3 Å². The second kappa shape index (κ2) is 9.70. The number of nitrogens with zero attached hydrogens (tertiary/aromatic N) is 2. The van der Waals surface area contributed by atoms with E-state index in [9.17, 15) is 4.79 Å². The van der Waals surface area contributed by atoms with Crippen LogP contribution in [0, 0.1) is 0 Å². The molecule has 5 nitrogen and oxygen atoms in total. The van der Waals surface area contributed by atoms with E-state index in [-0.39, 0.29) is 5.78 Å². The van der Waals surface area contributed by atoms with Gasteiger partial charge < -0.3 is 9.72 Å². The van der Waals surface area contributed by atoms with Gasteiger partial charge in [-0.05, 0) is 54.4 Å². The molecule has 6 heteroatoms. The van der Waals surface area contributed by atoms with E-state index in [1.807, 2.05) is 0 Å². The van der Waals surface area contributed by atoms with Crippen LogP contribution in [-0.2, 0) is 17.6 Å². The van der Waals surface area contributed by atoms with E-state index in [2.05, 4.69) is 39.1 Å². The van der Waals surface area contributed by atoms with Gasteiger partial charge in [-0.3, -0.25) is 9.69 Å². The van der Waals surface area contributed by atoms with Gasteiger partial charge in [0.1, 0.15) is 5.15 Å². The summed E-state index contributed by atoms with van der Waals surface area (Å²) in [7, 11) is 0. The summed E-state index contributed by atoms with van der Waals surface area (Å²) in [4.78, 5) is 22.1. The smallest absolute Gasteiger partial charge is 0.202 e. The molecule has 2 aliphatic rings. The molecule has 0 atom stereocenters. The Morgan fingerprint density at radius 1 is 1.24 bits per heavy atom. The lowest BCUT2D eigenvalue weighted by Gasteiger charge is -2.26. The summed E-state index contributed by atoms with van der Waals surface area (Å²) in [5.41, 5.74) is 5.01. The lowest BCUT2D eigenvalue weighted by molar-refractivity contribution is 0.0384. The summed E-state index contributed by atoms with van der Waals surface area (Å²) >= 11 is 5.89. The van der Waals surface area contributed by atoms with Crippen molar-refractivity contribution in [2.24, 2.45) is 0 Å². The fraction of sp³-hybridized carbons (Fsp3) is 0.478. The molecule has 0 saturated carbocycles. The largest absolute Gasteiger partial charge is 0.379 e. The molecule has 29 heavy (non-hydrogen) atoms. The number of nitrogens with one attached hydrogen (secondary N) is 1. The number of rotatable bonds is 7. The topological polar surface area (TPSA) is 58.2 Å². The summed E-state index contributed by atoms with van der Waals surface area (Å²) in [6.45, 7) is 4.73. The lowest BCUT2D eigenvalue weighted by Crippen LogP contribution is -2.37. The molecule has 0 unspecified atom stereocenters. The normalized spacial score (nSPS) is 17.9. The summed E-state index contributed by atoms with van der Waals surface area (Å²) < 4.78 is 5.44. The van der Waals surface area contributed by atoms with Crippen LogP contribution < -0.4 is 0 Å². The molecule has 1 fully saturated rings. The van der Waals surface area contributed by atoms with Gasteiger partial charge in [0.15, 0.2) is 5.82 Å². The highest BCUT2D eigenvalue weighted by molar-refractivity contribution is 6.29. The molecule has 0 radical (unpaired) electrons. The predicted molar refractivity (Wildman–Crippen MR) is 115 cm³/mol.